The molecule has 0 saturated heterocycles. The number of nitrogens with zero attached hydrogens (tertiary/aromatic N) is 2. The van der Waals surface area contributed by atoms with Crippen LogP contribution in [0.25, 0.3) is 23.5 Å². The van der Waals surface area contributed by atoms with Gasteiger partial charge in [-0.15, -0.1) is 0 Å². The van der Waals surface area contributed by atoms with Crippen molar-refractivity contribution < 1.29 is 0 Å². The zero-order valence-corrected chi connectivity index (χ0v) is 18.0. The minimum absolute atomic E-state index is 0.367. The van der Waals surface area contributed by atoms with Crippen LogP contribution in [0.3, 0.4) is 0 Å². The van der Waals surface area contributed by atoms with E-state index >= 15 is 0 Å². The summed E-state index contributed by atoms with van der Waals surface area (Å²) in [6.45, 7) is 10.7. The molecule has 2 aromatic carbocycles. The zero-order valence-electron chi connectivity index (χ0n) is 18.0. The molecule has 0 bridgehead atoms. The monoisotopic (exact) mass is 387 g/mol. The summed E-state index contributed by atoms with van der Waals surface area (Å²) in [5.41, 5.74) is 11.7. The molecule has 3 aromatic rings. The number of hydrogen-bond donors (Lipinski definition) is 1. The van der Waals surface area contributed by atoms with Crippen LogP contribution in [0.2, 0.25) is 0 Å². The van der Waals surface area contributed by atoms with E-state index in [0.29, 0.717) is 6.04 Å². The molecule has 0 aliphatic carbocycles. The molecule has 1 aromatic heterocycles. The standard InChI is InChI=1S/C26H33N3/c1-5-7-13-24(6-2)29-20(4)25(19(3)27)26(28-29)23-16-14-22(15-17-23)18-21-11-9-8-10-12-21/h8-12,14-17,24H,4-7,13,18,27H2,1-3H3/b25-19-. The second-order valence-electron chi connectivity index (χ2n) is 7.86. The fraction of sp³-hybridized carbons (Fsp3) is 0.346. The summed E-state index contributed by atoms with van der Waals surface area (Å²) in [5, 5.41) is 6.90. The molecule has 3 nitrogen and oxygen atoms in total. The second kappa shape index (κ2) is 9.60. The van der Waals surface area contributed by atoms with Gasteiger partial charge in [0.1, 0.15) is 5.69 Å². The van der Waals surface area contributed by atoms with Crippen molar-refractivity contribution >= 4 is 12.3 Å². The summed E-state index contributed by atoms with van der Waals surface area (Å²) < 4.78 is 2.11. The van der Waals surface area contributed by atoms with Crippen LogP contribution in [-0.4, -0.2) is 9.78 Å². The predicted molar refractivity (Wildman–Crippen MR) is 124 cm³/mol. The highest BCUT2D eigenvalue weighted by Gasteiger charge is 2.16. The van der Waals surface area contributed by atoms with Crippen LogP contribution in [0.15, 0.2) is 54.6 Å². The lowest BCUT2D eigenvalue weighted by molar-refractivity contribution is 0.393. The average Bonchev–Trinajstić information content (AvgIpc) is 3.07. The maximum atomic E-state index is 6.26. The number of aromatic nitrogens is 2. The van der Waals surface area contributed by atoms with Crippen molar-refractivity contribution in [1.82, 2.24) is 9.78 Å². The Labute approximate surface area is 174 Å². The molecule has 1 atom stereocenters. The van der Waals surface area contributed by atoms with Gasteiger partial charge in [-0.3, -0.25) is 4.68 Å². The number of unbranched alkanes of at least 4 members (excludes halogenated alkanes) is 1. The summed E-state index contributed by atoms with van der Waals surface area (Å²) in [5.74, 6) is 0. The van der Waals surface area contributed by atoms with Gasteiger partial charge >= 0.3 is 0 Å². The molecule has 152 valence electrons. The van der Waals surface area contributed by atoms with Crippen molar-refractivity contribution in [3.63, 3.8) is 0 Å². The maximum Gasteiger partial charge on any atom is 0.102 e. The van der Waals surface area contributed by atoms with Gasteiger partial charge in [0, 0.05) is 16.5 Å². The molecule has 1 heterocycles. The summed E-state index contributed by atoms with van der Waals surface area (Å²) in [6, 6.07) is 19.6. The van der Waals surface area contributed by atoms with Crippen LogP contribution in [0.4, 0.5) is 0 Å². The van der Waals surface area contributed by atoms with E-state index in [-0.39, 0.29) is 0 Å². The highest BCUT2D eigenvalue weighted by molar-refractivity contribution is 5.63. The van der Waals surface area contributed by atoms with E-state index in [1.54, 1.807) is 0 Å². The van der Waals surface area contributed by atoms with Crippen molar-refractivity contribution in [3.05, 3.63) is 76.3 Å². The molecular weight excluding hydrogens is 354 g/mol. The third-order valence-corrected chi connectivity index (χ3v) is 5.59. The minimum Gasteiger partial charge on any atom is -0.402 e. The summed E-state index contributed by atoms with van der Waals surface area (Å²) in [7, 11) is 0. The quantitative estimate of drug-likeness (QED) is 0.604. The van der Waals surface area contributed by atoms with Gasteiger partial charge in [-0.1, -0.05) is 87.9 Å². The molecule has 3 rings (SSSR count). The van der Waals surface area contributed by atoms with Crippen LogP contribution >= 0.6 is 0 Å². The van der Waals surface area contributed by atoms with Crippen molar-refractivity contribution in [3.8, 4) is 11.3 Å². The van der Waals surface area contributed by atoms with Crippen molar-refractivity contribution in [2.75, 3.05) is 0 Å². The van der Waals surface area contributed by atoms with Crippen LogP contribution in [0, 0.1) is 0 Å². The van der Waals surface area contributed by atoms with Gasteiger partial charge in [-0.05, 0) is 37.3 Å². The maximum absolute atomic E-state index is 6.26. The molecule has 0 fully saturated rings. The first-order chi connectivity index (χ1) is 14.0. The van der Waals surface area contributed by atoms with E-state index in [0.717, 1.165) is 46.8 Å². The van der Waals surface area contributed by atoms with Crippen LogP contribution in [0.5, 0.6) is 0 Å². The van der Waals surface area contributed by atoms with Crippen molar-refractivity contribution in [1.29, 1.82) is 0 Å². The fourth-order valence-electron chi connectivity index (χ4n) is 3.94. The molecule has 0 saturated carbocycles. The number of benzene rings is 2. The molecule has 0 spiro atoms. The van der Waals surface area contributed by atoms with Gasteiger partial charge in [0.05, 0.1) is 11.4 Å². The highest BCUT2D eigenvalue weighted by atomic mass is 15.3. The Kier molecular flexibility index (Phi) is 6.92. The zero-order chi connectivity index (χ0) is 20.8. The summed E-state index contributed by atoms with van der Waals surface area (Å²) >= 11 is 0. The molecule has 2 N–H and O–H groups in total. The molecule has 0 aliphatic heterocycles. The molecule has 0 amide bonds. The molecule has 0 radical (unpaired) electrons. The second-order valence-corrected chi connectivity index (χ2v) is 7.86. The van der Waals surface area contributed by atoms with E-state index in [1.165, 1.54) is 24.0 Å². The van der Waals surface area contributed by atoms with Crippen LogP contribution in [0.1, 0.15) is 63.6 Å². The van der Waals surface area contributed by atoms with Crippen LogP contribution in [-0.2, 0) is 6.42 Å². The van der Waals surface area contributed by atoms with Gasteiger partial charge in [-0.25, -0.2) is 0 Å². The Hall–Kier alpha value is -2.81. The van der Waals surface area contributed by atoms with E-state index < -0.39 is 0 Å². The van der Waals surface area contributed by atoms with E-state index in [9.17, 15) is 0 Å². The Morgan fingerprint density at radius 2 is 1.69 bits per heavy atom. The van der Waals surface area contributed by atoms with E-state index in [1.807, 2.05) is 6.92 Å². The minimum atomic E-state index is 0.367. The Bertz CT molecular complexity index is 1030. The molecule has 3 heteroatoms. The average molecular weight is 388 g/mol. The largest absolute Gasteiger partial charge is 0.402 e. The topological polar surface area (TPSA) is 43.8 Å². The van der Waals surface area contributed by atoms with E-state index in [4.69, 9.17) is 10.8 Å². The normalized spacial score (nSPS) is 13.3. The first kappa shape index (κ1) is 20.9. The summed E-state index contributed by atoms with van der Waals surface area (Å²) in [4.78, 5) is 0. The first-order valence-electron chi connectivity index (χ1n) is 10.7. The van der Waals surface area contributed by atoms with Crippen molar-refractivity contribution in [2.45, 2.75) is 58.9 Å². The Morgan fingerprint density at radius 3 is 2.28 bits per heavy atom. The molecule has 0 aliphatic rings. The van der Waals surface area contributed by atoms with E-state index in [2.05, 4.69) is 79.7 Å². The third kappa shape index (κ3) is 4.79. The van der Waals surface area contributed by atoms with Gasteiger partial charge in [0.15, 0.2) is 0 Å². The Morgan fingerprint density at radius 1 is 1.03 bits per heavy atom. The lowest BCUT2D eigenvalue weighted by Gasteiger charge is -2.15. The number of rotatable bonds is 8. The van der Waals surface area contributed by atoms with Crippen molar-refractivity contribution in [2.24, 2.45) is 5.73 Å². The number of hydrogen-bond acceptors (Lipinski definition) is 2. The Balaban J connectivity index is 1.97. The van der Waals surface area contributed by atoms with Gasteiger partial charge in [0.2, 0.25) is 0 Å². The van der Waals surface area contributed by atoms with Gasteiger partial charge < -0.3 is 5.73 Å². The van der Waals surface area contributed by atoms with Gasteiger partial charge in [0.25, 0.3) is 0 Å². The molecule has 29 heavy (non-hydrogen) atoms. The third-order valence-electron chi connectivity index (χ3n) is 5.59. The van der Waals surface area contributed by atoms with Crippen LogP contribution < -0.4 is 16.3 Å². The van der Waals surface area contributed by atoms with Gasteiger partial charge in [-0.2, -0.15) is 5.10 Å². The smallest absolute Gasteiger partial charge is 0.102 e. The number of nitrogens with two attached hydrogens (primary N) is 1. The molecular formula is C26H33N3. The molecule has 1 unspecified atom stereocenters. The SMILES string of the molecule is C=c1/c(=C(\C)N)c(-c2ccc(Cc3ccccc3)cc2)nn1C(CC)CCCC. The lowest BCUT2D eigenvalue weighted by atomic mass is 10.0. The lowest BCUT2D eigenvalue weighted by Crippen LogP contribution is -2.33. The highest BCUT2D eigenvalue weighted by Crippen LogP contribution is 2.20. The first-order valence-corrected chi connectivity index (χ1v) is 10.7. The fourth-order valence-corrected chi connectivity index (χ4v) is 3.94. The summed E-state index contributed by atoms with van der Waals surface area (Å²) in [6.07, 6.45) is 5.48. The predicted octanol–water partition coefficient (Wildman–Crippen LogP) is 4.78.